The lowest BCUT2D eigenvalue weighted by Crippen LogP contribution is -2.42. The molecule has 0 spiro atoms. The van der Waals surface area contributed by atoms with E-state index in [-0.39, 0.29) is 11.3 Å². The molecule has 18 heavy (non-hydrogen) atoms. The number of hydrogen-bond donors (Lipinski definition) is 2. The first-order valence-corrected chi connectivity index (χ1v) is 6.68. The van der Waals surface area contributed by atoms with Crippen molar-refractivity contribution in [3.63, 3.8) is 0 Å². The maximum absolute atomic E-state index is 11.8. The van der Waals surface area contributed by atoms with Gasteiger partial charge in [-0.3, -0.25) is 9.48 Å². The first-order chi connectivity index (χ1) is 8.74. The molecule has 1 aromatic heterocycles. The van der Waals surface area contributed by atoms with E-state index < -0.39 is 0 Å². The molecule has 0 atom stereocenters. The van der Waals surface area contributed by atoms with Gasteiger partial charge in [0.25, 0.3) is 0 Å². The summed E-state index contributed by atoms with van der Waals surface area (Å²) in [4.78, 5) is 11.8. The van der Waals surface area contributed by atoms with E-state index in [1.807, 2.05) is 16.9 Å². The summed E-state index contributed by atoms with van der Waals surface area (Å²) >= 11 is 0. The number of aryl methyl sites for hydroxylation is 1. The number of nitrogens with zero attached hydrogens (tertiary/aromatic N) is 2. The summed E-state index contributed by atoms with van der Waals surface area (Å²) in [5, 5.41) is 7.08. The third kappa shape index (κ3) is 3.32. The molecule has 1 aromatic rings. The van der Waals surface area contributed by atoms with Gasteiger partial charge in [0, 0.05) is 31.9 Å². The summed E-state index contributed by atoms with van der Waals surface area (Å²) in [6.07, 6.45) is 8.60. The molecule has 0 unspecified atom stereocenters. The minimum absolute atomic E-state index is 0.103. The number of carbonyl (C=O) groups excluding carboxylic acids is 1. The number of rotatable bonds is 7. The van der Waals surface area contributed by atoms with Crippen molar-refractivity contribution < 1.29 is 4.79 Å². The molecule has 1 heterocycles. The predicted octanol–water partition coefficient (Wildman–Crippen LogP) is 0.908. The molecule has 1 saturated carbocycles. The van der Waals surface area contributed by atoms with Gasteiger partial charge in [-0.2, -0.15) is 5.10 Å². The quantitative estimate of drug-likeness (QED) is 0.706. The Kier molecular flexibility index (Phi) is 4.36. The average Bonchev–Trinajstić information content (AvgIpc) is 2.82. The zero-order valence-corrected chi connectivity index (χ0v) is 10.8. The summed E-state index contributed by atoms with van der Waals surface area (Å²) in [5.41, 5.74) is 5.85. The average molecular weight is 250 g/mol. The van der Waals surface area contributed by atoms with Gasteiger partial charge in [0.1, 0.15) is 0 Å². The molecule has 1 aliphatic rings. The van der Waals surface area contributed by atoms with Gasteiger partial charge in [-0.25, -0.2) is 0 Å². The number of nitrogens with two attached hydrogens (primary N) is 1. The van der Waals surface area contributed by atoms with Crippen LogP contribution in [-0.4, -0.2) is 28.8 Å². The molecule has 5 heteroatoms. The van der Waals surface area contributed by atoms with Gasteiger partial charge in [-0.05, 0) is 37.3 Å². The zero-order valence-electron chi connectivity index (χ0n) is 10.8. The Labute approximate surface area is 108 Å². The normalized spacial score (nSPS) is 17.2. The number of aromatic nitrogens is 2. The highest BCUT2D eigenvalue weighted by Crippen LogP contribution is 2.42. The summed E-state index contributed by atoms with van der Waals surface area (Å²) in [6, 6.07) is 1.90. The molecule has 1 amide bonds. The molecule has 0 bridgehead atoms. The van der Waals surface area contributed by atoms with Crippen LogP contribution >= 0.6 is 0 Å². The van der Waals surface area contributed by atoms with Crippen LogP contribution in [0.5, 0.6) is 0 Å². The Balaban J connectivity index is 1.60. The summed E-state index contributed by atoms with van der Waals surface area (Å²) in [7, 11) is 0. The van der Waals surface area contributed by atoms with Crippen LogP contribution in [-0.2, 0) is 11.3 Å². The third-order valence-corrected chi connectivity index (χ3v) is 3.83. The Morgan fingerprint density at radius 1 is 1.50 bits per heavy atom. The van der Waals surface area contributed by atoms with Gasteiger partial charge in [-0.1, -0.05) is 6.42 Å². The van der Waals surface area contributed by atoms with E-state index >= 15 is 0 Å². The fourth-order valence-electron chi connectivity index (χ4n) is 2.43. The van der Waals surface area contributed by atoms with Crippen molar-refractivity contribution >= 4 is 5.91 Å². The largest absolute Gasteiger partial charge is 0.356 e. The molecule has 1 aliphatic carbocycles. The Morgan fingerprint density at radius 3 is 2.89 bits per heavy atom. The maximum atomic E-state index is 11.8. The van der Waals surface area contributed by atoms with Gasteiger partial charge < -0.3 is 11.1 Å². The zero-order chi connectivity index (χ0) is 12.8. The van der Waals surface area contributed by atoms with Crippen LogP contribution in [0, 0.1) is 5.41 Å². The molecule has 0 saturated heterocycles. The highest BCUT2D eigenvalue weighted by atomic mass is 16.1. The Bertz CT molecular complexity index is 365. The molecule has 2 rings (SSSR count). The van der Waals surface area contributed by atoms with Crippen molar-refractivity contribution in [2.24, 2.45) is 11.1 Å². The van der Waals surface area contributed by atoms with Crippen molar-refractivity contribution in [3.8, 4) is 0 Å². The predicted molar refractivity (Wildman–Crippen MR) is 69.8 cm³/mol. The SMILES string of the molecule is NCC1(CC(=O)NCCCn2cccn2)CCC1. The van der Waals surface area contributed by atoms with Gasteiger partial charge in [-0.15, -0.1) is 0 Å². The van der Waals surface area contributed by atoms with Crippen molar-refractivity contribution in [2.75, 3.05) is 13.1 Å². The Morgan fingerprint density at radius 2 is 2.33 bits per heavy atom. The van der Waals surface area contributed by atoms with E-state index in [9.17, 15) is 4.79 Å². The van der Waals surface area contributed by atoms with Crippen molar-refractivity contribution in [2.45, 2.75) is 38.6 Å². The monoisotopic (exact) mass is 250 g/mol. The first-order valence-electron chi connectivity index (χ1n) is 6.68. The van der Waals surface area contributed by atoms with Crippen LogP contribution < -0.4 is 11.1 Å². The second-order valence-corrected chi connectivity index (χ2v) is 5.21. The molecule has 0 aromatic carbocycles. The molecule has 0 aliphatic heterocycles. The van der Waals surface area contributed by atoms with Gasteiger partial charge in [0.15, 0.2) is 0 Å². The third-order valence-electron chi connectivity index (χ3n) is 3.83. The molecule has 100 valence electrons. The van der Waals surface area contributed by atoms with E-state index in [1.165, 1.54) is 6.42 Å². The minimum atomic E-state index is 0.103. The Hall–Kier alpha value is -1.36. The fraction of sp³-hybridized carbons (Fsp3) is 0.692. The molecule has 1 fully saturated rings. The smallest absolute Gasteiger partial charge is 0.220 e. The minimum Gasteiger partial charge on any atom is -0.356 e. The fourth-order valence-corrected chi connectivity index (χ4v) is 2.43. The van der Waals surface area contributed by atoms with Crippen LogP contribution in [0.1, 0.15) is 32.1 Å². The highest BCUT2D eigenvalue weighted by molar-refractivity contribution is 5.76. The van der Waals surface area contributed by atoms with Crippen LogP contribution in [0.15, 0.2) is 18.5 Å². The number of hydrogen-bond acceptors (Lipinski definition) is 3. The summed E-state index contributed by atoms with van der Waals surface area (Å²) in [6.45, 7) is 2.18. The van der Waals surface area contributed by atoms with Crippen LogP contribution in [0.3, 0.4) is 0 Å². The number of carbonyl (C=O) groups is 1. The van der Waals surface area contributed by atoms with E-state index in [1.54, 1.807) is 6.20 Å². The van der Waals surface area contributed by atoms with Crippen LogP contribution in [0.4, 0.5) is 0 Å². The summed E-state index contributed by atoms with van der Waals surface area (Å²) in [5.74, 6) is 0.139. The number of nitrogens with one attached hydrogen (secondary N) is 1. The van der Waals surface area contributed by atoms with Gasteiger partial charge in [0.2, 0.25) is 5.91 Å². The van der Waals surface area contributed by atoms with Crippen molar-refractivity contribution in [1.29, 1.82) is 0 Å². The molecule has 5 nitrogen and oxygen atoms in total. The maximum Gasteiger partial charge on any atom is 0.220 e. The molecule has 3 N–H and O–H groups in total. The topological polar surface area (TPSA) is 72.9 Å². The van der Waals surface area contributed by atoms with Gasteiger partial charge in [0.05, 0.1) is 0 Å². The van der Waals surface area contributed by atoms with E-state index in [0.29, 0.717) is 19.5 Å². The second kappa shape index (κ2) is 6.00. The van der Waals surface area contributed by atoms with E-state index in [0.717, 1.165) is 25.8 Å². The van der Waals surface area contributed by atoms with Crippen molar-refractivity contribution in [3.05, 3.63) is 18.5 Å². The lowest BCUT2D eigenvalue weighted by molar-refractivity contribution is -0.124. The van der Waals surface area contributed by atoms with E-state index in [4.69, 9.17) is 5.73 Å². The van der Waals surface area contributed by atoms with Crippen LogP contribution in [0.2, 0.25) is 0 Å². The molecule has 0 radical (unpaired) electrons. The summed E-state index contributed by atoms with van der Waals surface area (Å²) < 4.78 is 1.87. The highest BCUT2D eigenvalue weighted by Gasteiger charge is 2.37. The number of amides is 1. The molecular formula is C13H22N4O. The van der Waals surface area contributed by atoms with Crippen molar-refractivity contribution in [1.82, 2.24) is 15.1 Å². The molecular weight excluding hydrogens is 228 g/mol. The van der Waals surface area contributed by atoms with E-state index in [2.05, 4.69) is 10.4 Å². The van der Waals surface area contributed by atoms with Crippen LogP contribution in [0.25, 0.3) is 0 Å². The second-order valence-electron chi connectivity index (χ2n) is 5.21. The standard InChI is InChI=1S/C13H22N4O/c14-11-13(4-1-5-13)10-12(18)15-6-2-8-17-9-3-7-16-17/h3,7,9H,1-2,4-6,8,10-11,14H2,(H,15,18). The van der Waals surface area contributed by atoms with Gasteiger partial charge >= 0.3 is 0 Å². The lowest BCUT2D eigenvalue weighted by atomic mass is 9.66. The lowest BCUT2D eigenvalue weighted by Gasteiger charge is -2.40. The first kappa shape index (κ1) is 13.1.